The first-order valence-corrected chi connectivity index (χ1v) is 13.4. The average Bonchev–Trinajstić information content (AvgIpc) is 3.19. The van der Waals surface area contributed by atoms with Crippen LogP contribution in [0.25, 0.3) is 0 Å². The molecule has 5 nitrogen and oxygen atoms in total. The summed E-state index contributed by atoms with van der Waals surface area (Å²) in [5, 5.41) is 2.58. The summed E-state index contributed by atoms with van der Waals surface area (Å²) >= 11 is 0. The lowest BCUT2D eigenvalue weighted by atomic mass is 10.2. The van der Waals surface area contributed by atoms with Crippen LogP contribution in [0.5, 0.6) is 0 Å². The maximum Gasteiger partial charge on any atom is 0.516 e. The Kier molecular flexibility index (Phi) is 8.31. The summed E-state index contributed by atoms with van der Waals surface area (Å²) in [4.78, 5) is 14.0. The van der Waals surface area contributed by atoms with Gasteiger partial charge in [0, 0.05) is 12.5 Å². The molecular formula is C22H26F3N2O3PS. The van der Waals surface area contributed by atoms with Crippen LogP contribution in [-0.4, -0.2) is 50.0 Å². The Hall–Kier alpha value is -1.96. The van der Waals surface area contributed by atoms with Crippen molar-refractivity contribution in [1.29, 1.82) is 0 Å². The Labute approximate surface area is 187 Å². The zero-order valence-electron chi connectivity index (χ0n) is 17.5. The predicted octanol–water partition coefficient (Wildman–Crippen LogP) is 3.33. The highest BCUT2D eigenvalue weighted by Crippen LogP contribution is 2.37. The SMILES string of the molecule is O=C(CCCN1CCC[C@H]1CP(c1ccccc1)c1ccccc1)NS(=O)(=O)C(F)(F)F. The largest absolute Gasteiger partial charge is 0.516 e. The number of hydrogen-bond acceptors (Lipinski definition) is 4. The van der Waals surface area contributed by atoms with E-state index in [2.05, 4.69) is 29.2 Å². The van der Waals surface area contributed by atoms with E-state index < -0.39 is 29.4 Å². The number of benzene rings is 2. The monoisotopic (exact) mass is 486 g/mol. The second-order valence-corrected chi connectivity index (χ2v) is 11.6. The van der Waals surface area contributed by atoms with Gasteiger partial charge in [0.25, 0.3) is 0 Å². The lowest BCUT2D eigenvalue weighted by Crippen LogP contribution is -2.40. The molecule has 0 aliphatic carbocycles. The number of nitrogens with one attached hydrogen (secondary N) is 1. The topological polar surface area (TPSA) is 66.5 Å². The van der Waals surface area contributed by atoms with Crippen molar-refractivity contribution in [3.63, 3.8) is 0 Å². The van der Waals surface area contributed by atoms with Crippen LogP contribution in [0.4, 0.5) is 13.2 Å². The quantitative estimate of drug-likeness (QED) is 0.553. The van der Waals surface area contributed by atoms with Gasteiger partial charge >= 0.3 is 15.5 Å². The summed E-state index contributed by atoms with van der Waals surface area (Å²) in [7, 11) is -6.22. The van der Waals surface area contributed by atoms with Crippen molar-refractivity contribution >= 4 is 34.5 Å². The minimum absolute atomic E-state index is 0.273. The number of amides is 1. The first-order chi connectivity index (χ1) is 15.2. The van der Waals surface area contributed by atoms with Gasteiger partial charge in [-0.15, -0.1) is 0 Å². The van der Waals surface area contributed by atoms with Gasteiger partial charge in [-0.05, 0) is 57.0 Å². The van der Waals surface area contributed by atoms with Crippen LogP contribution in [0.1, 0.15) is 25.7 Å². The second kappa shape index (κ2) is 10.8. The van der Waals surface area contributed by atoms with Crippen LogP contribution >= 0.6 is 7.92 Å². The summed E-state index contributed by atoms with van der Waals surface area (Å²) in [6.45, 7) is 1.40. The summed E-state index contributed by atoms with van der Waals surface area (Å²) < 4.78 is 60.4. The standard InChI is InChI=1S/C22H26F3N2O3PS/c23-22(24,25)32(29,30)26-21(28)14-8-16-27-15-7-9-18(27)17-31(19-10-3-1-4-11-19)20-12-5-2-6-13-20/h1-6,10-13,18H,7-9,14-17H2,(H,26,28)/t18-/m0/s1. The Morgan fingerprint density at radius 1 is 1.03 bits per heavy atom. The number of nitrogens with zero attached hydrogens (tertiary/aromatic N) is 1. The van der Waals surface area contributed by atoms with Crippen LogP contribution in [0.15, 0.2) is 60.7 Å². The van der Waals surface area contributed by atoms with Crippen LogP contribution in [0.3, 0.4) is 0 Å². The van der Waals surface area contributed by atoms with Crippen molar-refractivity contribution < 1.29 is 26.4 Å². The lowest BCUT2D eigenvalue weighted by Gasteiger charge is -2.29. The van der Waals surface area contributed by atoms with Gasteiger partial charge in [-0.1, -0.05) is 60.7 Å². The molecule has 174 valence electrons. The van der Waals surface area contributed by atoms with E-state index in [1.807, 2.05) is 36.4 Å². The van der Waals surface area contributed by atoms with E-state index in [9.17, 15) is 26.4 Å². The number of sulfonamides is 1. The van der Waals surface area contributed by atoms with E-state index in [1.54, 1.807) is 0 Å². The van der Waals surface area contributed by atoms with Crippen molar-refractivity contribution in [1.82, 2.24) is 9.62 Å². The molecular weight excluding hydrogens is 460 g/mol. The highest BCUT2D eigenvalue weighted by atomic mass is 32.2. The third-order valence-electron chi connectivity index (χ3n) is 5.43. The Morgan fingerprint density at radius 3 is 2.12 bits per heavy atom. The summed E-state index contributed by atoms with van der Waals surface area (Å²) in [5.41, 5.74) is -5.49. The first kappa shape index (κ1) is 24.7. The molecule has 0 spiro atoms. The van der Waals surface area contributed by atoms with Gasteiger partial charge in [0.2, 0.25) is 5.91 Å². The second-order valence-electron chi connectivity index (χ2n) is 7.69. The lowest BCUT2D eigenvalue weighted by molar-refractivity contribution is -0.120. The summed E-state index contributed by atoms with van der Waals surface area (Å²) in [5.74, 6) is -1.13. The van der Waals surface area contributed by atoms with Gasteiger partial charge in [0.1, 0.15) is 0 Å². The molecule has 3 rings (SSSR count). The number of rotatable bonds is 9. The molecule has 2 aromatic carbocycles. The highest BCUT2D eigenvalue weighted by molar-refractivity contribution is 7.90. The van der Waals surface area contributed by atoms with E-state index in [0.29, 0.717) is 19.0 Å². The van der Waals surface area contributed by atoms with E-state index in [0.717, 1.165) is 30.3 Å². The van der Waals surface area contributed by atoms with Crippen molar-refractivity contribution in [2.45, 2.75) is 37.2 Å². The summed E-state index contributed by atoms with van der Waals surface area (Å²) in [6.07, 6.45) is 3.02. The maximum atomic E-state index is 12.4. The number of likely N-dealkylation sites (tertiary alicyclic amines) is 1. The smallest absolute Gasteiger partial charge is 0.300 e. The molecule has 0 unspecified atom stereocenters. The number of alkyl halides is 3. The van der Waals surface area contributed by atoms with Crippen LogP contribution < -0.4 is 15.3 Å². The van der Waals surface area contributed by atoms with Gasteiger partial charge in [-0.3, -0.25) is 4.79 Å². The van der Waals surface area contributed by atoms with E-state index in [1.165, 1.54) is 10.6 Å². The normalized spacial score (nSPS) is 17.6. The fraction of sp³-hybridized carbons (Fsp3) is 0.409. The van der Waals surface area contributed by atoms with Crippen molar-refractivity contribution in [3.8, 4) is 0 Å². The van der Waals surface area contributed by atoms with Gasteiger partial charge in [-0.25, -0.2) is 4.72 Å². The first-order valence-electron chi connectivity index (χ1n) is 10.4. The molecule has 1 saturated heterocycles. The van der Waals surface area contributed by atoms with E-state index in [-0.39, 0.29) is 6.42 Å². The molecule has 1 atom stereocenters. The molecule has 1 amide bonds. The molecule has 0 bridgehead atoms. The number of carbonyl (C=O) groups excluding carboxylic acids is 1. The van der Waals surface area contributed by atoms with E-state index in [4.69, 9.17) is 0 Å². The van der Waals surface area contributed by atoms with Crippen LogP contribution in [-0.2, 0) is 14.8 Å². The number of hydrogen-bond donors (Lipinski definition) is 1. The van der Waals surface area contributed by atoms with Crippen molar-refractivity contribution in [2.24, 2.45) is 0 Å². The van der Waals surface area contributed by atoms with Crippen LogP contribution in [0, 0.1) is 0 Å². The average molecular weight is 486 g/mol. The Morgan fingerprint density at radius 2 is 1.59 bits per heavy atom. The predicted molar refractivity (Wildman–Crippen MR) is 121 cm³/mol. The van der Waals surface area contributed by atoms with Gasteiger partial charge in [0.05, 0.1) is 0 Å². The molecule has 0 saturated carbocycles. The molecule has 1 aliphatic heterocycles. The Balaban J connectivity index is 1.59. The number of carbonyl (C=O) groups is 1. The van der Waals surface area contributed by atoms with Crippen molar-refractivity contribution in [2.75, 3.05) is 19.3 Å². The zero-order chi connectivity index (χ0) is 23.2. The molecule has 10 heteroatoms. The third-order valence-corrected chi connectivity index (χ3v) is 9.17. The fourth-order valence-electron chi connectivity index (χ4n) is 3.88. The van der Waals surface area contributed by atoms with Gasteiger partial charge in [0.15, 0.2) is 0 Å². The summed E-state index contributed by atoms with van der Waals surface area (Å²) in [6, 6.07) is 21.0. The zero-order valence-corrected chi connectivity index (χ0v) is 19.2. The molecule has 32 heavy (non-hydrogen) atoms. The van der Waals surface area contributed by atoms with Gasteiger partial charge in [-0.2, -0.15) is 21.6 Å². The Bertz CT molecular complexity index is 949. The van der Waals surface area contributed by atoms with Crippen molar-refractivity contribution in [3.05, 3.63) is 60.7 Å². The molecule has 1 fully saturated rings. The maximum absolute atomic E-state index is 12.4. The minimum atomic E-state index is -5.64. The molecule has 0 aromatic heterocycles. The molecule has 2 aromatic rings. The van der Waals surface area contributed by atoms with Crippen LogP contribution in [0.2, 0.25) is 0 Å². The molecule has 1 N–H and O–H groups in total. The minimum Gasteiger partial charge on any atom is -0.300 e. The van der Waals surface area contributed by atoms with Gasteiger partial charge < -0.3 is 4.90 Å². The van der Waals surface area contributed by atoms with E-state index >= 15 is 0 Å². The fourth-order valence-corrected chi connectivity index (χ4v) is 7.02. The third kappa shape index (κ3) is 6.53. The molecule has 1 heterocycles. The highest BCUT2D eigenvalue weighted by Gasteiger charge is 2.46. The molecule has 1 aliphatic rings. The molecule has 0 radical (unpaired) electrons. The number of halogens is 3.